The lowest BCUT2D eigenvalue weighted by Crippen LogP contribution is -2.43. The van der Waals surface area contributed by atoms with Gasteiger partial charge in [0.2, 0.25) is 15.9 Å². The number of hydrogen-bond acceptors (Lipinski definition) is 5. The number of hydrogen-bond donors (Lipinski definition) is 1. The Bertz CT molecular complexity index is 1130. The van der Waals surface area contributed by atoms with Crippen LogP contribution < -0.4 is 10.1 Å². The van der Waals surface area contributed by atoms with E-state index in [9.17, 15) is 18.0 Å². The van der Waals surface area contributed by atoms with Crippen LogP contribution in [0, 0.1) is 6.92 Å². The van der Waals surface area contributed by atoms with Crippen molar-refractivity contribution < 1.29 is 22.7 Å². The smallest absolute Gasteiger partial charge is 0.262 e. The van der Waals surface area contributed by atoms with E-state index in [1.165, 1.54) is 18.7 Å². The average Bonchev–Trinajstić information content (AvgIpc) is 2.72. The number of ether oxygens (including phenoxy) is 1. The number of rotatable bonds is 4. The lowest BCUT2D eigenvalue weighted by atomic mass is 10.00. The molecule has 9 heteroatoms. The molecule has 0 bridgehead atoms. The molecule has 2 aromatic carbocycles. The van der Waals surface area contributed by atoms with Crippen LogP contribution in [0.1, 0.15) is 16.7 Å². The van der Waals surface area contributed by atoms with Gasteiger partial charge in [-0.3, -0.25) is 9.59 Å². The normalized spacial score (nSPS) is 15.8. The van der Waals surface area contributed by atoms with Gasteiger partial charge in [0.1, 0.15) is 5.75 Å². The largest absolute Gasteiger partial charge is 0.482 e. The highest BCUT2D eigenvalue weighted by atomic mass is 32.2. The van der Waals surface area contributed by atoms with Crippen molar-refractivity contribution in [1.82, 2.24) is 9.21 Å². The van der Waals surface area contributed by atoms with E-state index in [0.717, 1.165) is 16.3 Å². The molecule has 2 amide bonds. The van der Waals surface area contributed by atoms with Crippen molar-refractivity contribution in [3.05, 3.63) is 53.1 Å². The minimum Gasteiger partial charge on any atom is -0.482 e. The van der Waals surface area contributed by atoms with E-state index in [1.807, 2.05) is 18.2 Å². The second-order valence-corrected chi connectivity index (χ2v) is 9.56. The summed E-state index contributed by atoms with van der Waals surface area (Å²) < 4.78 is 32.7. The maximum absolute atomic E-state index is 13.1. The van der Waals surface area contributed by atoms with Gasteiger partial charge in [-0.2, -0.15) is 4.31 Å². The summed E-state index contributed by atoms with van der Waals surface area (Å²) in [5.74, 6) is -0.232. The first kappa shape index (κ1) is 20.4. The number of nitrogens with one attached hydrogen (secondary N) is 1. The molecule has 0 unspecified atom stereocenters. The fraction of sp³-hybridized carbons (Fsp3) is 0.333. The number of likely N-dealkylation sites (N-methyl/N-ethyl adjacent to an activating group) is 1. The van der Waals surface area contributed by atoms with Gasteiger partial charge in [0, 0.05) is 26.2 Å². The second kappa shape index (κ2) is 7.73. The number of nitrogens with zero attached hydrogens (tertiary/aromatic N) is 2. The number of fused-ring (bicyclic) bond motifs is 2. The lowest BCUT2D eigenvalue weighted by Gasteiger charge is -2.30. The Balaban J connectivity index is 1.51. The van der Waals surface area contributed by atoms with E-state index >= 15 is 0 Å². The summed E-state index contributed by atoms with van der Waals surface area (Å²) in [6.07, 6.45) is 0.755. The maximum atomic E-state index is 13.1. The lowest BCUT2D eigenvalue weighted by molar-refractivity contribution is -0.132. The van der Waals surface area contributed by atoms with E-state index in [2.05, 4.69) is 11.4 Å². The zero-order chi connectivity index (χ0) is 21.5. The van der Waals surface area contributed by atoms with Crippen LogP contribution in [0.3, 0.4) is 0 Å². The van der Waals surface area contributed by atoms with Crippen molar-refractivity contribution >= 4 is 27.5 Å². The minimum atomic E-state index is -3.92. The minimum absolute atomic E-state index is 0.0525. The molecule has 0 aromatic heterocycles. The zero-order valence-corrected chi connectivity index (χ0v) is 17.7. The molecule has 0 saturated heterocycles. The number of sulfonamides is 1. The first-order valence-electron chi connectivity index (χ1n) is 9.64. The topological polar surface area (TPSA) is 96.0 Å². The van der Waals surface area contributed by atoms with E-state index in [-0.39, 0.29) is 29.9 Å². The molecule has 0 aliphatic carbocycles. The van der Waals surface area contributed by atoms with Crippen molar-refractivity contribution in [2.24, 2.45) is 0 Å². The zero-order valence-electron chi connectivity index (χ0n) is 16.8. The third-order valence-corrected chi connectivity index (χ3v) is 7.38. The van der Waals surface area contributed by atoms with Gasteiger partial charge in [0.15, 0.2) is 6.61 Å². The van der Waals surface area contributed by atoms with Crippen molar-refractivity contribution in [2.75, 3.05) is 32.1 Å². The molecule has 2 aromatic rings. The molecule has 8 nitrogen and oxygen atoms in total. The number of benzene rings is 2. The fourth-order valence-electron chi connectivity index (χ4n) is 3.75. The Hall–Kier alpha value is -2.91. The number of carbonyl (C=O) groups is 2. The number of aryl methyl sites for hydroxylation is 1. The van der Waals surface area contributed by atoms with Gasteiger partial charge >= 0.3 is 0 Å². The van der Waals surface area contributed by atoms with Gasteiger partial charge in [-0.1, -0.05) is 24.3 Å². The first-order chi connectivity index (χ1) is 14.3. The van der Waals surface area contributed by atoms with E-state index in [1.54, 1.807) is 17.9 Å². The number of amides is 2. The summed E-state index contributed by atoms with van der Waals surface area (Å²) in [4.78, 5) is 26.0. The Labute approximate surface area is 175 Å². The van der Waals surface area contributed by atoms with Crippen LogP contribution in [-0.2, 0) is 32.6 Å². The van der Waals surface area contributed by atoms with Crippen LogP contribution in [0.5, 0.6) is 5.75 Å². The van der Waals surface area contributed by atoms with Gasteiger partial charge in [0.25, 0.3) is 5.91 Å². The monoisotopic (exact) mass is 429 g/mol. The van der Waals surface area contributed by atoms with Gasteiger partial charge in [-0.05, 0) is 36.1 Å². The first-order valence-corrected chi connectivity index (χ1v) is 11.1. The van der Waals surface area contributed by atoms with E-state index in [4.69, 9.17) is 4.74 Å². The molecule has 4 rings (SSSR count). The van der Waals surface area contributed by atoms with Crippen LogP contribution >= 0.6 is 0 Å². The Morgan fingerprint density at radius 2 is 1.97 bits per heavy atom. The summed E-state index contributed by atoms with van der Waals surface area (Å²) in [7, 11) is -2.52. The number of carbonyl (C=O) groups excluding carboxylic acids is 2. The Kier molecular flexibility index (Phi) is 5.25. The highest BCUT2D eigenvalue weighted by molar-refractivity contribution is 7.89. The highest BCUT2D eigenvalue weighted by Gasteiger charge is 2.30. The van der Waals surface area contributed by atoms with Crippen LogP contribution in [0.2, 0.25) is 0 Å². The molecule has 0 saturated carbocycles. The van der Waals surface area contributed by atoms with Crippen LogP contribution in [0.15, 0.2) is 41.3 Å². The fourth-order valence-corrected chi connectivity index (χ4v) is 5.08. The molecule has 0 spiro atoms. The predicted molar refractivity (Wildman–Crippen MR) is 111 cm³/mol. The molecular weight excluding hydrogens is 406 g/mol. The molecular formula is C21H23N3O5S. The van der Waals surface area contributed by atoms with Crippen LogP contribution in [0.4, 0.5) is 5.69 Å². The molecule has 0 radical (unpaired) electrons. The van der Waals surface area contributed by atoms with Crippen LogP contribution in [0.25, 0.3) is 0 Å². The van der Waals surface area contributed by atoms with Crippen molar-refractivity contribution in [2.45, 2.75) is 24.8 Å². The summed E-state index contributed by atoms with van der Waals surface area (Å²) >= 11 is 0. The third-order valence-electron chi connectivity index (χ3n) is 5.44. The summed E-state index contributed by atoms with van der Waals surface area (Å²) in [5, 5.41) is 2.66. The van der Waals surface area contributed by atoms with Crippen molar-refractivity contribution in [1.29, 1.82) is 0 Å². The summed E-state index contributed by atoms with van der Waals surface area (Å²) in [5.41, 5.74) is 3.21. The maximum Gasteiger partial charge on any atom is 0.262 e. The Morgan fingerprint density at radius 3 is 2.73 bits per heavy atom. The van der Waals surface area contributed by atoms with Gasteiger partial charge in [-0.25, -0.2) is 8.42 Å². The van der Waals surface area contributed by atoms with Gasteiger partial charge in [0.05, 0.1) is 17.1 Å². The van der Waals surface area contributed by atoms with Gasteiger partial charge < -0.3 is 15.0 Å². The van der Waals surface area contributed by atoms with Crippen molar-refractivity contribution in [3.8, 4) is 5.75 Å². The number of anilines is 1. The second-order valence-electron chi connectivity index (χ2n) is 7.55. The predicted octanol–water partition coefficient (Wildman–Crippen LogP) is 1.53. The molecule has 158 valence electrons. The standard InChI is InChI=1S/C21H23N3O5S/c1-14-9-17-18(29-13-20(25)22-17)10-19(14)30(27,28)23(2)12-21(26)24-8-7-15-5-3-4-6-16(15)11-24/h3-6,9-10H,7-8,11-13H2,1-2H3,(H,22,25). The Morgan fingerprint density at radius 1 is 1.23 bits per heavy atom. The van der Waals surface area contributed by atoms with Crippen molar-refractivity contribution in [3.63, 3.8) is 0 Å². The van der Waals surface area contributed by atoms with E-state index in [0.29, 0.717) is 30.1 Å². The van der Waals surface area contributed by atoms with Crippen LogP contribution in [-0.4, -0.2) is 56.2 Å². The summed E-state index contributed by atoms with van der Waals surface area (Å²) in [6.45, 7) is 2.27. The molecule has 0 fully saturated rings. The highest BCUT2D eigenvalue weighted by Crippen LogP contribution is 2.34. The molecule has 30 heavy (non-hydrogen) atoms. The molecule has 2 aliphatic rings. The van der Waals surface area contributed by atoms with Gasteiger partial charge in [-0.15, -0.1) is 0 Å². The molecule has 0 atom stereocenters. The quantitative estimate of drug-likeness (QED) is 0.795. The average molecular weight is 429 g/mol. The molecule has 1 N–H and O–H groups in total. The summed E-state index contributed by atoms with van der Waals surface area (Å²) in [6, 6.07) is 10.9. The third kappa shape index (κ3) is 3.78. The molecule has 2 aliphatic heterocycles. The SMILES string of the molecule is Cc1cc2c(cc1S(=O)(=O)N(C)CC(=O)N1CCc3ccccc3C1)OCC(=O)N2. The van der Waals surface area contributed by atoms with E-state index < -0.39 is 10.0 Å². The molecule has 2 heterocycles.